The van der Waals surface area contributed by atoms with Crippen molar-refractivity contribution in [3.63, 3.8) is 0 Å². The minimum atomic E-state index is -1.01. The van der Waals surface area contributed by atoms with E-state index in [1.807, 2.05) is 30.3 Å². The highest BCUT2D eigenvalue weighted by molar-refractivity contribution is 6.32. The standard InChI is InChI=1S/C26H21ClN2O6/c1-34-22-13-18(11-20(27)23(22)35-15-17-7-9-19(10-8-17)25(31)32)12-21-24(30)29(26(33)28-21)14-16-5-3-2-4-6-16/h2-13H,14-15H2,1H3,(H,28,33)(H,31,32). The Labute approximate surface area is 206 Å². The van der Waals surface area contributed by atoms with Crippen molar-refractivity contribution in [2.45, 2.75) is 13.2 Å². The third kappa shape index (κ3) is 5.44. The van der Waals surface area contributed by atoms with Crippen molar-refractivity contribution >= 4 is 35.6 Å². The minimum Gasteiger partial charge on any atom is -0.493 e. The van der Waals surface area contributed by atoms with Gasteiger partial charge in [0.2, 0.25) is 0 Å². The van der Waals surface area contributed by atoms with E-state index < -0.39 is 17.9 Å². The minimum absolute atomic E-state index is 0.122. The van der Waals surface area contributed by atoms with Gasteiger partial charge in [-0.3, -0.25) is 9.69 Å². The van der Waals surface area contributed by atoms with Gasteiger partial charge >= 0.3 is 12.0 Å². The summed E-state index contributed by atoms with van der Waals surface area (Å²) in [6, 6.07) is 18.2. The number of urea groups is 1. The molecular weight excluding hydrogens is 472 g/mol. The van der Waals surface area contributed by atoms with Crippen LogP contribution in [0, 0.1) is 0 Å². The van der Waals surface area contributed by atoms with Gasteiger partial charge in [0, 0.05) is 0 Å². The Morgan fingerprint density at radius 2 is 1.77 bits per heavy atom. The molecule has 4 rings (SSSR count). The number of methoxy groups -OCH3 is 1. The van der Waals surface area contributed by atoms with Crippen LogP contribution in [0.5, 0.6) is 11.5 Å². The lowest BCUT2D eigenvalue weighted by Crippen LogP contribution is -2.30. The molecule has 178 valence electrons. The smallest absolute Gasteiger partial charge is 0.335 e. The van der Waals surface area contributed by atoms with E-state index in [4.69, 9.17) is 26.2 Å². The number of benzene rings is 3. The van der Waals surface area contributed by atoms with Crippen molar-refractivity contribution in [2.24, 2.45) is 0 Å². The Morgan fingerprint density at radius 1 is 1.06 bits per heavy atom. The van der Waals surface area contributed by atoms with Crippen molar-refractivity contribution in [2.75, 3.05) is 7.11 Å². The fraction of sp³-hybridized carbons (Fsp3) is 0.115. The monoisotopic (exact) mass is 492 g/mol. The molecule has 0 unspecified atom stereocenters. The highest BCUT2D eigenvalue weighted by Gasteiger charge is 2.33. The summed E-state index contributed by atoms with van der Waals surface area (Å²) in [5, 5.41) is 11.9. The summed E-state index contributed by atoms with van der Waals surface area (Å²) in [7, 11) is 1.46. The van der Waals surface area contributed by atoms with Gasteiger partial charge in [-0.1, -0.05) is 54.1 Å². The third-order valence-corrected chi connectivity index (χ3v) is 5.57. The molecular formula is C26H21ClN2O6. The number of hydrogen-bond acceptors (Lipinski definition) is 5. The van der Waals surface area contributed by atoms with E-state index in [-0.39, 0.29) is 29.4 Å². The van der Waals surface area contributed by atoms with E-state index in [1.165, 1.54) is 25.3 Å². The number of nitrogens with zero attached hydrogens (tertiary/aromatic N) is 1. The summed E-state index contributed by atoms with van der Waals surface area (Å²) in [6.45, 7) is 0.298. The lowest BCUT2D eigenvalue weighted by Gasteiger charge is -2.14. The second-order valence-corrected chi connectivity index (χ2v) is 8.10. The molecule has 0 bridgehead atoms. The first-order chi connectivity index (χ1) is 16.9. The molecule has 0 aliphatic carbocycles. The summed E-state index contributed by atoms with van der Waals surface area (Å²) in [5.41, 5.74) is 2.42. The fourth-order valence-electron chi connectivity index (χ4n) is 3.51. The van der Waals surface area contributed by atoms with Gasteiger partial charge in [-0.15, -0.1) is 0 Å². The Bertz CT molecular complexity index is 1310. The number of nitrogens with one attached hydrogen (secondary N) is 1. The van der Waals surface area contributed by atoms with Gasteiger partial charge in [0.1, 0.15) is 12.3 Å². The molecule has 2 N–H and O–H groups in total. The number of imide groups is 1. The van der Waals surface area contributed by atoms with Gasteiger partial charge in [0.15, 0.2) is 11.5 Å². The normalized spacial score (nSPS) is 14.2. The van der Waals surface area contributed by atoms with Crippen molar-refractivity contribution in [3.05, 3.63) is 99.7 Å². The summed E-state index contributed by atoms with van der Waals surface area (Å²) < 4.78 is 11.2. The van der Waals surface area contributed by atoms with E-state index in [2.05, 4.69) is 5.32 Å². The Balaban J connectivity index is 1.51. The maximum Gasteiger partial charge on any atom is 0.335 e. The largest absolute Gasteiger partial charge is 0.493 e. The number of ether oxygens (including phenoxy) is 2. The maximum atomic E-state index is 12.8. The Morgan fingerprint density at radius 3 is 2.43 bits per heavy atom. The molecule has 3 aromatic rings. The van der Waals surface area contributed by atoms with Crippen molar-refractivity contribution in [3.8, 4) is 11.5 Å². The molecule has 1 saturated heterocycles. The van der Waals surface area contributed by atoms with Gasteiger partial charge in [0.05, 0.1) is 24.2 Å². The van der Waals surface area contributed by atoms with Gasteiger partial charge in [0.25, 0.3) is 5.91 Å². The topological polar surface area (TPSA) is 105 Å². The molecule has 1 aliphatic heterocycles. The number of halogens is 1. The van der Waals surface area contributed by atoms with Crippen LogP contribution in [-0.2, 0) is 17.9 Å². The van der Waals surface area contributed by atoms with Crippen molar-refractivity contribution < 1.29 is 29.0 Å². The fourth-order valence-corrected chi connectivity index (χ4v) is 3.78. The molecule has 3 amide bonds. The summed E-state index contributed by atoms with van der Waals surface area (Å²) in [4.78, 5) is 37.3. The van der Waals surface area contributed by atoms with Gasteiger partial charge < -0.3 is 19.9 Å². The molecule has 35 heavy (non-hydrogen) atoms. The molecule has 0 saturated carbocycles. The quantitative estimate of drug-likeness (QED) is 0.348. The van der Waals surface area contributed by atoms with Crippen LogP contribution < -0.4 is 14.8 Å². The molecule has 0 radical (unpaired) electrons. The first kappa shape index (κ1) is 23.8. The van der Waals surface area contributed by atoms with Crippen molar-refractivity contribution in [1.82, 2.24) is 10.2 Å². The summed E-state index contributed by atoms with van der Waals surface area (Å²) in [6.07, 6.45) is 1.52. The van der Waals surface area contributed by atoms with Crippen LogP contribution in [0.15, 0.2) is 72.4 Å². The third-order valence-electron chi connectivity index (χ3n) is 5.29. The number of carboxylic acid groups (broad SMARTS) is 1. The van der Waals surface area contributed by atoms with Crippen molar-refractivity contribution in [1.29, 1.82) is 0 Å². The summed E-state index contributed by atoms with van der Waals surface area (Å²) in [5.74, 6) is -0.818. The maximum absolute atomic E-state index is 12.8. The molecule has 1 heterocycles. The Kier molecular flexibility index (Phi) is 7.03. The van der Waals surface area contributed by atoms with Crippen LogP contribution in [0.1, 0.15) is 27.0 Å². The van der Waals surface area contributed by atoms with E-state index in [0.717, 1.165) is 16.0 Å². The number of amides is 3. The lowest BCUT2D eigenvalue weighted by molar-refractivity contribution is -0.123. The average molecular weight is 493 g/mol. The molecule has 9 heteroatoms. The number of rotatable bonds is 8. The lowest BCUT2D eigenvalue weighted by atomic mass is 10.1. The van der Waals surface area contributed by atoms with E-state index >= 15 is 0 Å². The Hall–Kier alpha value is -4.30. The number of carbonyl (C=O) groups excluding carboxylic acids is 2. The van der Waals surface area contributed by atoms with Crippen LogP contribution in [0.4, 0.5) is 4.79 Å². The highest BCUT2D eigenvalue weighted by Crippen LogP contribution is 2.37. The zero-order chi connectivity index (χ0) is 24.9. The number of carboxylic acids is 1. The van der Waals surface area contributed by atoms with Gasteiger partial charge in [-0.2, -0.15) is 0 Å². The average Bonchev–Trinajstić information content (AvgIpc) is 3.11. The predicted octanol–water partition coefficient (Wildman–Crippen LogP) is 4.72. The summed E-state index contributed by atoms with van der Waals surface area (Å²) >= 11 is 6.44. The van der Waals surface area contributed by atoms with E-state index in [9.17, 15) is 14.4 Å². The first-order valence-electron chi connectivity index (χ1n) is 10.6. The van der Waals surface area contributed by atoms with Gasteiger partial charge in [-0.25, -0.2) is 9.59 Å². The number of carbonyl (C=O) groups is 3. The second-order valence-electron chi connectivity index (χ2n) is 7.69. The zero-order valence-electron chi connectivity index (χ0n) is 18.7. The first-order valence-corrected chi connectivity index (χ1v) is 10.9. The molecule has 0 atom stereocenters. The van der Waals surface area contributed by atoms with Gasteiger partial charge in [-0.05, 0) is 47.0 Å². The van der Waals surface area contributed by atoms with Crippen LogP contribution in [0.2, 0.25) is 5.02 Å². The van der Waals surface area contributed by atoms with Crippen LogP contribution in [-0.4, -0.2) is 35.0 Å². The van der Waals surface area contributed by atoms with Crippen LogP contribution >= 0.6 is 11.6 Å². The second kappa shape index (κ2) is 10.3. The molecule has 0 spiro atoms. The van der Waals surface area contributed by atoms with Crippen LogP contribution in [0.3, 0.4) is 0 Å². The molecule has 1 aliphatic rings. The van der Waals surface area contributed by atoms with E-state index in [1.54, 1.807) is 24.3 Å². The molecule has 8 nitrogen and oxygen atoms in total. The molecule has 0 aromatic heterocycles. The van der Waals surface area contributed by atoms with E-state index in [0.29, 0.717) is 17.1 Å². The molecule has 1 fully saturated rings. The number of aromatic carboxylic acids is 1. The predicted molar refractivity (Wildman–Crippen MR) is 129 cm³/mol. The zero-order valence-corrected chi connectivity index (χ0v) is 19.4. The highest BCUT2D eigenvalue weighted by atomic mass is 35.5. The SMILES string of the molecule is COc1cc(C=C2NC(=O)N(Cc3ccccc3)C2=O)cc(Cl)c1OCc1ccc(C(=O)O)cc1. The number of hydrogen-bond donors (Lipinski definition) is 2. The van der Waals surface area contributed by atoms with Crippen LogP contribution in [0.25, 0.3) is 6.08 Å². The molecule has 3 aromatic carbocycles.